The van der Waals surface area contributed by atoms with Gasteiger partial charge >= 0.3 is 39.5 Å². The highest BCUT2D eigenvalue weighted by molar-refractivity contribution is 7.47. The van der Waals surface area contributed by atoms with E-state index in [0.29, 0.717) is 31.6 Å². The zero-order chi connectivity index (χ0) is 59.5. The van der Waals surface area contributed by atoms with Gasteiger partial charge in [0.05, 0.1) is 26.4 Å². The van der Waals surface area contributed by atoms with Crippen molar-refractivity contribution in [3.05, 3.63) is 0 Å². The molecule has 0 aliphatic heterocycles. The number of unbranched alkanes of at least 4 members (excludes halogenated alkanes) is 27. The lowest BCUT2D eigenvalue weighted by Gasteiger charge is -2.21. The zero-order valence-corrected chi connectivity index (χ0v) is 53.3. The highest BCUT2D eigenvalue weighted by atomic mass is 31.2. The van der Waals surface area contributed by atoms with Crippen LogP contribution in [0.15, 0.2) is 0 Å². The Morgan fingerprint density at radius 1 is 0.338 bits per heavy atom. The first-order chi connectivity index (χ1) is 38.2. The van der Waals surface area contributed by atoms with Gasteiger partial charge in [0.25, 0.3) is 0 Å². The van der Waals surface area contributed by atoms with E-state index in [1.54, 1.807) is 0 Å². The van der Waals surface area contributed by atoms with Crippen molar-refractivity contribution in [2.24, 2.45) is 17.8 Å². The number of carbonyl (C=O) groups is 4. The third kappa shape index (κ3) is 55.3. The summed E-state index contributed by atoms with van der Waals surface area (Å²) in [6, 6.07) is 0. The topological polar surface area (TPSA) is 237 Å². The van der Waals surface area contributed by atoms with E-state index in [9.17, 15) is 43.2 Å². The summed E-state index contributed by atoms with van der Waals surface area (Å²) in [5.41, 5.74) is 0. The van der Waals surface area contributed by atoms with Crippen LogP contribution in [0.5, 0.6) is 0 Å². The maximum atomic E-state index is 12.9. The van der Waals surface area contributed by atoms with E-state index in [0.717, 1.165) is 108 Å². The summed E-state index contributed by atoms with van der Waals surface area (Å²) in [7, 11) is -9.87. The van der Waals surface area contributed by atoms with Crippen LogP contribution >= 0.6 is 15.6 Å². The molecule has 0 spiro atoms. The van der Waals surface area contributed by atoms with Gasteiger partial charge < -0.3 is 33.8 Å². The summed E-state index contributed by atoms with van der Waals surface area (Å²) in [5.74, 6) is 0.0261. The molecule has 0 saturated carbocycles. The second-order valence-electron chi connectivity index (χ2n) is 23.5. The molecule has 3 N–H and O–H groups in total. The third-order valence-corrected chi connectivity index (χ3v) is 15.8. The quantitative estimate of drug-likeness (QED) is 0.0222. The highest BCUT2D eigenvalue weighted by Gasteiger charge is 2.30. The summed E-state index contributed by atoms with van der Waals surface area (Å²) in [6.07, 6.45) is 32.6. The SMILES string of the molecule is CCCCCCCC(=O)OC[C@H](COP(=O)(O)OC[C@H](O)COP(=O)(O)OC[C@@H](COC(=O)CCCCCCCCCCCCC(C)C)OC(=O)CCCCCCCCCCCCC(C)C)OC(=O)CCCCCCCCC(C)C. The Bertz CT molecular complexity index is 1600. The molecule has 19 heteroatoms. The number of ether oxygens (including phenoxy) is 4. The monoisotopic (exact) mass is 1180 g/mol. The lowest BCUT2D eigenvalue weighted by molar-refractivity contribution is -0.161. The number of aliphatic hydroxyl groups excluding tert-OH is 1. The van der Waals surface area contributed by atoms with Crippen LogP contribution in [-0.2, 0) is 65.4 Å². The summed E-state index contributed by atoms with van der Waals surface area (Å²) in [4.78, 5) is 71.8. The van der Waals surface area contributed by atoms with Crippen LogP contribution in [0.4, 0.5) is 0 Å². The van der Waals surface area contributed by atoms with Gasteiger partial charge in [-0.05, 0) is 43.4 Å². The maximum absolute atomic E-state index is 12.9. The van der Waals surface area contributed by atoms with E-state index in [2.05, 4.69) is 48.5 Å². The van der Waals surface area contributed by atoms with Crippen molar-refractivity contribution in [2.75, 3.05) is 39.6 Å². The number of phosphoric ester groups is 2. The van der Waals surface area contributed by atoms with Crippen LogP contribution in [0.25, 0.3) is 0 Å². The van der Waals surface area contributed by atoms with Crippen LogP contribution in [0.3, 0.4) is 0 Å². The van der Waals surface area contributed by atoms with E-state index in [1.807, 2.05) is 0 Å². The molecule has 0 aliphatic rings. The molecule has 0 aliphatic carbocycles. The van der Waals surface area contributed by atoms with Gasteiger partial charge in [-0.3, -0.25) is 37.3 Å². The van der Waals surface area contributed by atoms with Crippen molar-refractivity contribution in [3.8, 4) is 0 Å². The molecule has 0 heterocycles. The molecule has 2 unspecified atom stereocenters. The Hall–Kier alpha value is -1.94. The lowest BCUT2D eigenvalue weighted by atomic mass is 10.0. The zero-order valence-electron chi connectivity index (χ0n) is 51.5. The third-order valence-electron chi connectivity index (χ3n) is 13.9. The number of hydrogen-bond acceptors (Lipinski definition) is 15. The van der Waals surface area contributed by atoms with E-state index >= 15 is 0 Å². The number of carbonyl (C=O) groups excluding carboxylic acids is 4. The molecule has 474 valence electrons. The number of hydrogen-bond donors (Lipinski definition) is 3. The molecular weight excluding hydrogens is 1070 g/mol. The lowest BCUT2D eigenvalue weighted by Crippen LogP contribution is -2.30. The molecule has 0 rings (SSSR count). The number of esters is 4. The van der Waals surface area contributed by atoms with Crippen molar-refractivity contribution in [2.45, 2.75) is 311 Å². The van der Waals surface area contributed by atoms with Gasteiger partial charge in [0.15, 0.2) is 12.2 Å². The van der Waals surface area contributed by atoms with Crippen molar-refractivity contribution >= 4 is 39.5 Å². The molecule has 80 heavy (non-hydrogen) atoms. The van der Waals surface area contributed by atoms with Gasteiger partial charge in [0, 0.05) is 25.7 Å². The molecule has 0 radical (unpaired) electrons. The normalized spacial score (nSPS) is 14.5. The Kier molecular flexibility index (Phi) is 51.3. The van der Waals surface area contributed by atoms with Crippen LogP contribution in [0.2, 0.25) is 0 Å². The molecule has 5 atom stereocenters. The van der Waals surface area contributed by atoms with Crippen molar-refractivity contribution in [1.82, 2.24) is 0 Å². The summed E-state index contributed by atoms with van der Waals surface area (Å²) in [6.45, 7) is 11.6. The van der Waals surface area contributed by atoms with Gasteiger partial charge in [-0.2, -0.15) is 0 Å². The largest absolute Gasteiger partial charge is 0.472 e. The molecule has 17 nitrogen and oxygen atoms in total. The molecule has 0 fully saturated rings. The first-order valence-electron chi connectivity index (χ1n) is 31.8. The second-order valence-corrected chi connectivity index (χ2v) is 26.4. The van der Waals surface area contributed by atoms with Crippen LogP contribution < -0.4 is 0 Å². The molecule has 0 aromatic heterocycles. The molecule has 0 bridgehead atoms. The Labute approximate surface area is 486 Å². The number of phosphoric acid groups is 2. The molecule has 0 aromatic carbocycles. The highest BCUT2D eigenvalue weighted by Crippen LogP contribution is 2.45. The fraction of sp³-hybridized carbons (Fsp3) is 0.934. The summed E-state index contributed by atoms with van der Waals surface area (Å²) < 4.78 is 67.7. The van der Waals surface area contributed by atoms with Crippen molar-refractivity contribution in [3.63, 3.8) is 0 Å². The van der Waals surface area contributed by atoms with Gasteiger partial charge in [-0.1, -0.05) is 241 Å². The second kappa shape index (κ2) is 52.6. The van der Waals surface area contributed by atoms with Crippen LogP contribution in [0.1, 0.15) is 292 Å². The minimum Gasteiger partial charge on any atom is -0.462 e. The molecule has 0 amide bonds. The maximum Gasteiger partial charge on any atom is 0.472 e. The number of aliphatic hydroxyl groups is 1. The minimum absolute atomic E-state index is 0.101. The molecule has 0 saturated heterocycles. The van der Waals surface area contributed by atoms with E-state index in [4.69, 9.17) is 37.0 Å². The van der Waals surface area contributed by atoms with Gasteiger partial charge in [0.2, 0.25) is 0 Å². The van der Waals surface area contributed by atoms with Crippen molar-refractivity contribution in [1.29, 1.82) is 0 Å². The van der Waals surface area contributed by atoms with Gasteiger partial charge in [0.1, 0.15) is 19.3 Å². The fourth-order valence-electron chi connectivity index (χ4n) is 8.95. The predicted octanol–water partition coefficient (Wildman–Crippen LogP) is 16.3. The van der Waals surface area contributed by atoms with E-state index in [1.165, 1.54) is 96.3 Å². The average Bonchev–Trinajstić information content (AvgIpc) is 3.40. The standard InChI is InChI=1S/C61H118O17P2/c1-8-9-10-25-35-42-58(63)71-48-56(78-61(66)45-38-31-24-23-28-34-41-54(6)7)50-75-79(67,68)73-46-55(62)47-74-80(69,70)76-51-57(77-60(65)44-37-30-22-18-14-12-16-20-27-33-40-53(4)5)49-72-59(64)43-36-29-21-17-13-11-15-19-26-32-39-52(2)3/h52-57,62H,8-51H2,1-7H3,(H,67,68)(H,69,70)/t55-,56+,57+/m0/s1. The minimum atomic E-state index is -4.94. The van der Waals surface area contributed by atoms with E-state index in [-0.39, 0.29) is 25.7 Å². The smallest absolute Gasteiger partial charge is 0.462 e. The summed E-state index contributed by atoms with van der Waals surface area (Å²) >= 11 is 0. The van der Waals surface area contributed by atoms with Crippen LogP contribution in [-0.4, -0.2) is 96.7 Å². The fourth-order valence-corrected chi connectivity index (χ4v) is 10.5. The van der Waals surface area contributed by atoms with Crippen molar-refractivity contribution < 1.29 is 80.2 Å². The molecule has 0 aromatic rings. The number of rotatable bonds is 59. The van der Waals surface area contributed by atoms with Gasteiger partial charge in [-0.15, -0.1) is 0 Å². The molecular formula is C61H118O17P2. The Morgan fingerprint density at radius 3 is 0.850 bits per heavy atom. The van der Waals surface area contributed by atoms with E-state index < -0.39 is 97.5 Å². The van der Waals surface area contributed by atoms with Crippen LogP contribution in [0, 0.1) is 17.8 Å². The average molecular weight is 1190 g/mol. The summed E-state index contributed by atoms with van der Waals surface area (Å²) in [5, 5.41) is 10.5. The van der Waals surface area contributed by atoms with Gasteiger partial charge in [-0.25, -0.2) is 9.13 Å². The predicted molar refractivity (Wildman–Crippen MR) is 317 cm³/mol. The Morgan fingerprint density at radius 2 is 0.575 bits per heavy atom. The first kappa shape index (κ1) is 78.1. The first-order valence-corrected chi connectivity index (χ1v) is 34.8. The Balaban J connectivity index is 5.19.